The molecule has 29 heavy (non-hydrogen) atoms. The van der Waals surface area contributed by atoms with Crippen LogP contribution in [0.4, 0.5) is 10.5 Å². The highest BCUT2D eigenvalue weighted by atomic mass is 16.7. The topological polar surface area (TPSA) is 88.2 Å². The monoisotopic (exact) mass is 395 g/mol. The molecule has 1 saturated heterocycles. The lowest BCUT2D eigenvalue weighted by atomic mass is 9.92. The lowest BCUT2D eigenvalue weighted by Crippen LogP contribution is -2.47. The van der Waals surface area contributed by atoms with E-state index in [9.17, 15) is 14.4 Å². The van der Waals surface area contributed by atoms with Crippen LogP contribution < -0.4 is 19.7 Å². The molecule has 2 aliphatic rings. The molecule has 0 spiro atoms. The van der Waals surface area contributed by atoms with E-state index >= 15 is 0 Å². The number of hydrogen-bond donors (Lipinski definition) is 1. The summed E-state index contributed by atoms with van der Waals surface area (Å²) in [5, 5.41) is 2.73. The van der Waals surface area contributed by atoms with Gasteiger partial charge < -0.3 is 19.7 Å². The lowest BCUT2D eigenvalue weighted by molar-refractivity contribution is -0.133. The maximum Gasteiger partial charge on any atom is 0.325 e. The number of imide groups is 1. The predicted molar refractivity (Wildman–Crippen MR) is 105 cm³/mol. The number of ether oxygens (including phenoxy) is 2. The highest BCUT2D eigenvalue weighted by Gasteiger charge is 2.48. The van der Waals surface area contributed by atoms with Gasteiger partial charge in [-0.25, -0.2) is 4.79 Å². The first-order valence-electron chi connectivity index (χ1n) is 9.22. The number of para-hydroxylation sites is 1. The molecular formula is C21H21N3O5. The summed E-state index contributed by atoms with van der Waals surface area (Å²) in [4.78, 5) is 40.4. The van der Waals surface area contributed by atoms with Gasteiger partial charge in [-0.3, -0.25) is 14.5 Å². The third-order valence-corrected chi connectivity index (χ3v) is 5.15. The fourth-order valence-electron chi connectivity index (χ4n) is 3.51. The minimum Gasteiger partial charge on any atom is -0.454 e. The Bertz CT molecular complexity index is 978. The standard InChI is InChI=1S/C21H21N3O5/c1-21(11-14-8-9-16-17(10-14)29-13-28-16)19(26)24(20(27)22-21)12-18(25)23(2)15-6-4-3-5-7-15/h3-10H,11-13H2,1-2H3,(H,22,27)/t21-/m1/s1. The first-order valence-corrected chi connectivity index (χ1v) is 9.22. The number of hydrogen-bond acceptors (Lipinski definition) is 5. The molecule has 4 rings (SSSR count). The van der Waals surface area contributed by atoms with Gasteiger partial charge in [-0.05, 0) is 36.8 Å². The van der Waals surface area contributed by atoms with Crippen molar-refractivity contribution in [2.75, 3.05) is 25.3 Å². The van der Waals surface area contributed by atoms with Crippen LogP contribution in [0, 0.1) is 0 Å². The first-order chi connectivity index (χ1) is 13.9. The van der Waals surface area contributed by atoms with E-state index in [0.717, 1.165) is 10.5 Å². The zero-order valence-electron chi connectivity index (χ0n) is 16.2. The predicted octanol–water partition coefficient (Wildman–Crippen LogP) is 1.93. The third-order valence-electron chi connectivity index (χ3n) is 5.15. The van der Waals surface area contributed by atoms with Gasteiger partial charge in [0.25, 0.3) is 5.91 Å². The van der Waals surface area contributed by atoms with Gasteiger partial charge >= 0.3 is 6.03 Å². The zero-order chi connectivity index (χ0) is 20.6. The molecule has 4 amide bonds. The van der Waals surface area contributed by atoms with Gasteiger partial charge in [-0.1, -0.05) is 24.3 Å². The first kappa shape index (κ1) is 18.8. The van der Waals surface area contributed by atoms with Gasteiger partial charge in [-0.2, -0.15) is 0 Å². The number of nitrogens with zero attached hydrogens (tertiary/aromatic N) is 2. The molecule has 0 unspecified atom stereocenters. The van der Waals surface area contributed by atoms with E-state index in [2.05, 4.69) is 5.32 Å². The van der Waals surface area contributed by atoms with Gasteiger partial charge in [0.2, 0.25) is 12.7 Å². The van der Waals surface area contributed by atoms with Crippen LogP contribution in [-0.4, -0.2) is 48.7 Å². The smallest absolute Gasteiger partial charge is 0.325 e. The number of urea groups is 1. The molecule has 1 fully saturated rings. The average molecular weight is 395 g/mol. The summed E-state index contributed by atoms with van der Waals surface area (Å²) < 4.78 is 10.7. The van der Waals surface area contributed by atoms with Gasteiger partial charge in [0.05, 0.1) is 0 Å². The van der Waals surface area contributed by atoms with Crippen molar-refractivity contribution in [3.05, 3.63) is 54.1 Å². The van der Waals surface area contributed by atoms with E-state index in [-0.39, 0.29) is 25.7 Å². The molecule has 150 valence electrons. The Morgan fingerprint density at radius 3 is 2.62 bits per heavy atom. The molecule has 0 radical (unpaired) electrons. The Morgan fingerprint density at radius 1 is 1.14 bits per heavy atom. The van der Waals surface area contributed by atoms with Crippen LogP contribution in [0.3, 0.4) is 0 Å². The normalized spacial score (nSPS) is 20.0. The molecule has 2 aromatic carbocycles. The van der Waals surface area contributed by atoms with Crippen molar-refractivity contribution in [1.82, 2.24) is 10.2 Å². The number of rotatable bonds is 5. The molecule has 1 atom stereocenters. The van der Waals surface area contributed by atoms with Crippen LogP contribution in [0.25, 0.3) is 0 Å². The van der Waals surface area contributed by atoms with Crippen LogP contribution in [0.2, 0.25) is 0 Å². The van der Waals surface area contributed by atoms with E-state index in [1.54, 1.807) is 38.2 Å². The molecule has 0 aliphatic carbocycles. The van der Waals surface area contributed by atoms with Gasteiger partial charge in [0.15, 0.2) is 11.5 Å². The van der Waals surface area contributed by atoms with Crippen molar-refractivity contribution in [3.8, 4) is 11.5 Å². The summed E-state index contributed by atoms with van der Waals surface area (Å²) in [5.74, 6) is 0.471. The number of carbonyl (C=O) groups excluding carboxylic acids is 3. The molecule has 1 N–H and O–H groups in total. The van der Waals surface area contributed by atoms with Crippen molar-refractivity contribution < 1.29 is 23.9 Å². The second-order valence-corrected chi connectivity index (χ2v) is 7.31. The molecule has 2 aromatic rings. The van der Waals surface area contributed by atoms with Gasteiger partial charge in [-0.15, -0.1) is 0 Å². The summed E-state index contributed by atoms with van der Waals surface area (Å²) >= 11 is 0. The number of benzene rings is 2. The molecule has 8 nitrogen and oxygen atoms in total. The van der Waals surface area contributed by atoms with Crippen LogP contribution in [-0.2, 0) is 16.0 Å². The number of likely N-dealkylation sites (N-methyl/N-ethyl adjacent to an activating group) is 1. The molecular weight excluding hydrogens is 374 g/mol. The number of carbonyl (C=O) groups is 3. The summed E-state index contributed by atoms with van der Waals surface area (Å²) in [5.41, 5.74) is 0.365. The second kappa shape index (κ2) is 7.12. The van der Waals surface area contributed by atoms with Crippen LogP contribution in [0.1, 0.15) is 12.5 Å². The number of nitrogens with one attached hydrogen (secondary N) is 1. The van der Waals surface area contributed by atoms with Crippen molar-refractivity contribution in [2.24, 2.45) is 0 Å². The van der Waals surface area contributed by atoms with E-state index in [4.69, 9.17) is 9.47 Å². The highest BCUT2D eigenvalue weighted by Crippen LogP contribution is 2.34. The fraction of sp³-hybridized carbons (Fsp3) is 0.286. The average Bonchev–Trinajstić information content (AvgIpc) is 3.26. The fourth-order valence-corrected chi connectivity index (χ4v) is 3.51. The SMILES string of the molecule is CN(C(=O)CN1C(=O)N[C@](C)(Cc2ccc3c(c2)OCO3)C1=O)c1ccccc1. The molecule has 0 bridgehead atoms. The second-order valence-electron chi connectivity index (χ2n) is 7.31. The van der Waals surface area contributed by atoms with Gasteiger partial charge in [0.1, 0.15) is 12.1 Å². The maximum absolute atomic E-state index is 13.0. The van der Waals surface area contributed by atoms with E-state index in [1.807, 2.05) is 24.3 Å². The minimum absolute atomic E-state index is 0.163. The van der Waals surface area contributed by atoms with Gasteiger partial charge in [0, 0.05) is 19.2 Å². The zero-order valence-corrected chi connectivity index (χ0v) is 16.2. The van der Waals surface area contributed by atoms with E-state index < -0.39 is 17.5 Å². The lowest BCUT2D eigenvalue weighted by Gasteiger charge is -2.23. The number of anilines is 1. The summed E-state index contributed by atoms with van der Waals surface area (Å²) in [6.07, 6.45) is 0.271. The molecule has 8 heteroatoms. The van der Waals surface area contributed by atoms with Crippen molar-refractivity contribution in [1.29, 1.82) is 0 Å². The number of fused-ring (bicyclic) bond motifs is 1. The Balaban J connectivity index is 1.47. The van der Waals surface area contributed by atoms with Crippen LogP contribution in [0.15, 0.2) is 48.5 Å². The Labute approximate surface area is 168 Å². The largest absolute Gasteiger partial charge is 0.454 e. The molecule has 2 heterocycles. The van der Waals surface area contributed by atoms with E-state index in [1.165, 1.54) is 4.90 Å². The molecule has 0 aromatic heterocycles. The van der Waals surface area contributed by atoms with Crippen LogP contribution >= 0.6 is 0 Å². The Morgan fingerprint density at radius 2 is 1.86 bits per heavy atom. The number of amides is 4. The summed E-state index contributed by atoms with van der Waals surface area (Å²) in [7, 11) is 1.61. The van der Waals surface area contributed by atoms with Crippen molar-refractivity contribution in [2.45, 2.75) is 18.9 Å². The van der Waals surface area contributed by atoms with E-state index in [0.29, 0.717) is 17.2 Å². The maximum atomic E-state index is 13.0. The summed E-state index contributed by atoms with van der Waals surface area (Å²) in [6, 6.07) is 13.9. The minimum atomic E-state index is -1.14. The quantitative estimate of drug-likeness (QED) is 0.782. The van der Waals surface area contributed by atoms with Crippen molar-refractivity contribution >= 4 is 23.5 Å². The Kier molecular flexibility index (Phi) is 4.62. The van der Waals surface area contributed by atoms with Crippen molar-refractivity contribution in [3.63, 3.8) is 0 Å². The Hall–Kier alpha value is -3.55. The summed E-state index contributed by atoms with van der Waals surface area (Å²) in [6.45, 7) is 1.49. The van der Waals surface area contributed by atoms with Crippen LogP contribution in [0.5, 0.6) is 11.5 Å². The molecule has 0 saturated carbocycles. The third kappa shape index (κ3) is 3.49. The highest BCUT2D eigenvalue weighted by molar-refractivity contribution is 6.10. The molecule has 2 aliphatic heterocycles.